The molecule has 0 heterocycles. The summed E-state index contributed by atoms with van der Waals surface area (Å²) in [6.07, 6.45) is 0.459. The quantitative estimate of drug-likeness (QED) is 0.242. The Balaban J connectivity index is 1.98. The molecule has 2 aromatic carbocycles. The standard InChI is InChI=1S/C26H32O7/c1-26(2,3)33-25(28)22-19(15-31-16-29-4)13-18-11-12-20(30-5)24(21(18)23(22)27)32-14-17-9-7-6-8-10-17/h6-12,19,22H,13-16H2,1-5H3/t19-,22?/m1/s1. The fourth-order valence-electron chi connectivity index (χ4n) is 3.95. The lowest BCUT2D eigenvalue weighted by molar-refractivity contribution is -0.161. The number of carbonyl (C=O) groups is 2. The Hall–Kier alpha value is -2.90. The second-order valence-electron chi connectivity index (χ2n) is 9.02. The normalized spacial score (nSPS) is 17.9. The lowest BCUT2D eigenvalue weighted by Gasteiger charge is -2.33. The number of esters is 1. The van der Waals surface area contributed by atoms with Crippen molar-refractivity contribution in [2.24, 2.45) is 11.8 Å². The van der Waals surface area contributed by atoms with Gasteiger partial charge in [-0.3, -0.25) is 9.59 Å². The zero-order chi connectivity index (χ0) is 24.0. The van der Waals surface area contributed by atoms with Gasteiger partial charge in [0.25, 0.3) is 0 Å². The molecule has 1 aliphatic rings. The maximum absolute atomic E-state index is 13.8. The van der Waals surface area contributed by atoms with Crippen LogP contribution < -0.4 is 9.47 Å². The molecule has 2 atom stereocenters. The Kier molecular flexibility index (Phi) is 8.10. The van der Waals surface area contributed by atoms with Crippen molar-refractivity contribution in [1.29, 1.82) is 0 Å². The van der Waals surface area contributed by atoms with Gasteiger partial charge in [-0.05, 0) is 44.4 Å². The van der Waals surface area contributed by atoms with E-state index >= 15 is 0 Å². The molecule has 0 N–H and O–H groups in total. The van der Waals surface area contributed by atoms with Gasteiger partial charge in [0.15, 0.2) is 17.3 Å². The number of ether oxygens (including phenoxy) is 5. The summed E-state index contributed by atoms with van der Waals surface area (Å²) < 4.78 is 27.7. The average Bonchev–Trinajstić information content (AvgIpc) is 2.77. The number of fused-ring (bicyclic) bond motifs is 1. The van der Waals surface area contributed by atoms with Crippen LogP contribution in [0.3, 0.4) is 0 Å². The first-order valence-corrected chi connectivity index (χ1v) is 11.0. The summed E-state index contributed by atoms with van der Waals surface area (Å²) in [5.41, 5.74) is 1.38. The highest BCUT2D eigenvalue weighted by Crippen LogP contribution is 2.42. The summed E-state index contributed by atoms with van der Waals surface area (Å²) in [6.45, 7) is 5.86. The molecule has 7 heteroatoms. The molecular formula is C26H32O7. The largest absolute Gasteiger partial charge is 0.493 e. The van der Waals surface area contributed by atoms with E-state index in [9.17, 15) is 9.59 Å². The van der Waals surface area contributed by atoms with Gasteiger partial charge >= 0.3 is 5.97 Å². The van der Waals surface area contributed by atoms with E-state index in [1.807, 2.05) is 36.4 Å². The molecule has 0 aliphatic heterocycles. The van der Waals surface area contributed by atoms with Gasteiger partial charge < -0.3 is 23.7 Å². The summed E-state index contributed by atoms with van der Waals surface area (Å²) in [4.78, 5) is 26.9. The van der Waals surface area contributed by atoms with Gasteiger partial charge in [0.2, 0.25) is 0 Å². The molecule has 33 heavy (non-hydrogen) atoms. The Morgan fingerprint density at radius 2 is 1.79 bits per heavy atom. The zero-order valence-electron chi connectivity index (χ0n) is 19.9. The van der Waals surface area contributed by atoms with E-state index in [2.05, 4.69) is 0 Å². The van der Waals surface area contributed by atoms with Crippen LogP contribution in [0.2, 0.25) is 0 Å². The summed E-state index contributed by atoms with van der Waals surface area (Å²) in [5, 5.41) is 0. The molecule has 0 spiro atoms. The monoisotopic (exact) mass is 456 g/mol. The SMILES string of the molecule is COCOC[C@H]1Cc2ccc(OC)c(OCc3ccccc3)c2C(=O)C1C(=O)OC(C)(C)C. The van der Waals surface area contributed by atoms with Crippen LogP contribution in [0.1, 0.15) is 42.3 Å². The molecule has 0 fully saturated rings. The molecule has 0 saturated heterocycles. The van der Waals surface area contributed by atoms with E-state index in [0.29, 0.717) is 23.5 Å². The average molecular weight is 457 g/mol. The van der Waals surface area contributed by atoms with Crippen molar-refractivity contribution >= 4 is 11.8 Å². The predicted octanol–water partition coefficient (Wildman–Crippen LogP) is 4.21. The molecule has 1 unspecified atom stereocenters. The lowest BCUT2D eigenvalue weighted by atomic mass is 9.74. The molecule has 0 bridgehead atoms. The molecule has 7 nitrogen and oxygen atoms in total. The molecule has 2 aromatic rings. The maximum atomic E-state index is 13.8. The van der Waals surface area contributed by atoms with Crippen LogP contribution in [0.25, 0.3) is 0 Å². The van der Waals surface area contributed by atoms with Crippen molar-refractivity contribution in [2.75, 3.05) is 27.6 Å². The van der Waals surface area contributed by atoms with Crippen LogP contribution >= 0.6 is 0 Å². The van der Waals surface area contributed by atoms with Gasteiger partial charge in [-0.15, -0.1) is 0 Å². The Bertz CT molecular complexity index is 963. The van der Waals surface area contributed by atoms with Crippen molar-refractivity contribution in [3.05, 3.63) is 59.2 Å². The van der Waals surface area contributed by atoms with Crippen LogP contribution in [0.4, 0.5) is 0 Å². The Morgan fingerprint density at radius 1 is 1.06 bits per heavy atom. The van der Waals surface area contributed by atoms with Gasteiger partial charge in [-0.25, -0.2) is 0 Å². The van der Waals surface area contributed by atoms with E-state index in [4.69, 9.17) is 23.7 Å². The summed E-state index contributed by atoms with van der Waals surface area (Å²) in [6, 6.07) is 13.3. The number of hydrogen-bond acceptors (Lipinski definition) is 7. The minimum absolute atomic E-state index is 0.0760. The van der Waals surface area contributed by atoms with Gasteiger partial charge in [0.1, 0.15) is 24.9 Å². The third kappa shape index (κ3) is 6.12. The molecule has 1 aliphatic carbocycles. The number of benzene rings is 2. The first kappa shape index (κ1) is 24.7. The second-order valence-corrected chi connectivity index (χ2v) is 9.02. The smallest absolute Gasteiger partial charge is 0.317 e. The first-order valence-electron chi connectivity index (χ1n) is 11.0. The number of rotatable bonds is 9. The molecule has 0 radical (unpaired) electrons. The number of Topliss-reactive ketones (excluding diaryl/α,β-unsaturated/α-hetero) is 1. The Morgan fingerprint density at radius 3 is 2.42 bits per heavy atom. The summed E-state index contributed by atoms with van der Waals surface area (Å²) >= 11 is 0. The highest BCUT2D eigenvalue weighted by molar-refractivity contribution is 6.12. The molecule has 0 saturated carbocycles. The first-order chi connectivity index (χ1) is 15.7. The van der Waals surface area contributed by atoms with E-state index < -0.39 is 17.5 Å². The third-order valence-electron chi connectivity index (χ3n) is 5.33. The summed E-state index contributed by atoms with van der Waals surface area (Å²) in [7, 11) is 3.05. The number of hydrogen-bond donors (Lipinski definition) is 0. The zero-order valence-corrected chi connectivity index (χ0v) is 19.9. The van der Waals surface area contributed by atoms with Crippen molar-refractivity contribution in [3.63, 3.8) is 0 Å². The number of methoxy groups -OCH3 is 2. The van der Waals surface area contributed by atoms with Crippen LogP contribution in [0, 0.1) is 11.8 Å². The van der Waals surface area contributed by atoms with Crippen LogP contribution in [0.5, 0.6) is 11.5 Å². The minimum Gasteiger partial charge on any atom is -0.493 e. The van der Waals surface area contributed by atoms with Gasteiger partial charge in [0.05, 0.1) is 19.3 Å². The van der Waals surface area contributed by atoms with E-state index in [-0.39, 0.29) is 31.7 Å². The molecule has 178 valence electrons. The van der Waals surface area contributed by atoms with Crippen molar-refractivity contribution in [2.45, 2.75) is 39.4 Å². The van der Waals surface area contributed by atoms with Crippen molar-refractivity contribution in [3.8, 4) is 11.5 Å². The van der Waals surface area contributed by atoms with Crippen molar-refractivity contribution < 1.29 is 33.3 Å². The topological polar surface area (TPSA) is 80.3 Å². The molecular weight excluding hydrogens is 424 g/mol. The fourth-order valence-corrected chi connectivity index (χ4v) is 3.95. The minimum atomic E-state index is -1.01. The third-order valence-corrected chi connectivity index (χ3v) is 5.33. The maximum Gasteiger partial charge on any atom is 0.317 e. The summed E-state index contributed by atoms with van der Waals surface area (Å²) in [5.74, 6) is -1.53. The van der Waals surface area contributed by atoms with Crippen LogP contribution in [-0.2, 0) is 32.0 Å². The highest BCUT2D eigenvalue weighted by Gasteiger charge is 2.44. The highest BCUT2D eigenvalue weighted by atomic mass is 16.7. The van der Waals surface area contributed by atoms with E-state index in [1.165, 1.54) is 14.2 Å². The molecule has 0 aromatic heterocycles. The lowest BCUT2D eigenvalue weighted by Crippen LogP contribution is -2.43. The number of ketones is 1. The predicted molar refractivity (Wildman–Crippen MR) is 122 cm³/mol. The van der Waals surface area contributed by atoms with Crippen LogP contribution in [-0.4, -0.2) is 45.0 Å². The van der Waals surface area contributed by atoms with E-state index in [1.54, 1.807) is 26.8 Å². The van der Waals surface area contributed by atoms with Gasteiger partial charge in [-0.2, -0.15) is 0 Å². The molecule has 0 amide bonds. The van der Waals surface area contributed by atoms with Crippen LogP contribution in [0.15, 0.2) is 42.5 Å². The fraction of sp³-hybridized carbons (Fsp3) is 0.462. The second kappa shape index (κ2) is 10.8. The van der Waals surface area contributed by atoms with Gasteiger partial charge in [-0.1, -0.05) is 36.4 Å². The number of carbonyl (C=O) groups excluding carboxylic acids is 2. The molecule has 3 rings (SSSR count). The van der Waals surface area contributed by atoms with Gasteiger partial charge in [0, 0.05) is 13.0 Å². The van der Waals surface area contributed by atoms with Crippen molar-refractivity contribution in [1.82, 2.24) is 0 Å². The van der Waals surface area contributed by atoms with E-state index in [0.717, 1.165) is 11.1 Å². The Labute approximate surface area is 194 Å².